The molecule has 1 fully saturated rings. The van der Waals surface area contributed by atoms with Gasteiger partial charge in [0, 0.05) is 5.92 Å². The van der Waals surface area contributed by atoms with Crippen molar-refractivity contribution in [2.24, 2.45) is 5.92 Å². The predicted octanol–water partition coefficient (Wildman–Crippen LogP) is 3.52. The summed E-state index contributed by atoms with van der Waals surface area (Å²) in [6, 6.07) is 1.19. The molecule has 0 radical (unpaired) electrons. The highest BCUT2D eigenvalue weighted by Gasteiger charge is 2.43. The fraction of sp³-hybridized carbons (Fsp3) is 0.500. The molecule has 0 spiro atoms. The zero-order valence-corrected chi connectivity index (χ0v) is 10.3. The van der Waals surface area contributed by atoms with Gasteiger partial charge in [0.15, 0.2) is 8.32 Å². The van der Waals surface area contributed by atoms with Crippen LogP contribution in [0.5, 0.6) is 0 Å². The SMILES string of the molecule is C=CC1CC[Si](C)(C)OC1(C=C)C=C. The summed E-state index contributed by atoms with van der Waals surface area (Å²) in [7, 11) is -1.52. The Morgan fingerprint density at radius 1 is 1.29 bits per heavy atom. The first-order chi connectivity index (χ1) is 6.49. The standard InChI is InChI=1S/C12H20OSi/c1-6-11-9-10-14(4,5)13-12(11,7-2)8-3/h6-8,11H,1-3,9-10H2,4-5H3. The van der Waals surface area contributed by atoms with Crippen molar-refractivity contribution >= 4 is 8.32 Å². The molecule has 1 rings (SSSR count). The second kappa shape index (κ2) is 3.87. The molecule has 1 atom stereocenters. The summed E-state index contributed by atoms with van der Waals surface area (Å²) in [6.07, 6.45) is 6.86. The summed E-state index contributed by atoms with van der Waals surface area (Å²) >= 11 is 0. The van der Waals surface area contributed by atoms with Crippen LogP contribution in [0.4, 0.5) is 0 Å². The fourth-order valence-electron chi connectivity index (χ4n) is 2.11. The van der Waals surface area contributed by atoms with Crippen LogP contribution < -0.4 is 0 Å². The van der Waals surface area contributed by atoms with Crippen molar-refractivity contribution < 1.29 is 4.43 Å². The minimum Gasteiger partial charge on any atom is -0.404 e. The Kier molecular flexibility index (Phi) is 3.17. The van der Waals surface area contributed by atoms with Crippen LogP contribution in [-0.2, 0) is 4.43 Å². The molecule has 1 aliphatic rings. The molecule has 1 aliphatic heterocycles. The molecular weight excluding hydrogens is 188 g/mol. The van der Waals surface area contributed by atoms with Crippen LogP contribution in [-0.4, -0.2) is 13.9 Å². The van der Waals surface area contributed by atoms with Crippen molar-refractivity contribution in [3.05, 3.63) is 38.0 Å². The lowest BCUT2D eigenvalue weighted by Crippen LogP contribution is -2.50. The fourth-order valence-corrected chi connectivity index (χ4v) is 4.49. The van der Waals surface area contributed by atoms with Gasteiger partial charge >= 0.3 is 0 Å². The summed E-state index contributed by atoms with van der Waals surface area (Å²) in [4.78, 5) is 0. The largest absolute Gasteiger partial charge is 0.404 e. The minimum absolute atomic E-state index is 0.332. The van der Waals surface area contributed by atoms with Crippen molar-refractivity contribution in [1.82, 2.24) is 0 Å². The quantitative estimate of drug-likeness (QED) is 0.509. The lowest BCUT2D eigenvalue weighted by Gasteiger charge is -2.45. The van der Waals surface area contributed by atoms with Crippen LogP contribution >= 0.6 is 0 Å². The van der Waals surface area contributed by atoms with Crippen LogP contribution in [0.2, 0.25) is 19.1 Å². The normalized spacial score (nSPS) is 29.1. The molecular formula is C12H20OSi. The highest BCUT2D eigenvalue weighted by molar-refractivity contribution is 6.71. The molecule has 2 heteroatoms. The van der Waals surface area contributed by atoms with Crippen LogP contribution in [0.15, 0.2) is 38.0 Å². The van der Waals surface area contributed by atoms with E-state index in [1.54, 1.807) is 0 Å². The second-order valence-corrected chi connectivity index (χ2v) is 8.73. The average molecular weight is 208 g/mol. The summed E-state index contributed by atoms with van der Waals surface area (Å²) in [6.45, 7) is 16.1. The lowest BCUT2D eigenvalue weighted by atomic mass is 9.85. The molecule has 78 valence electrons. The van der Waals surface area contributed by atoms with Gasteiger partial charge in [0.1, 0.15) is 0 Å². The Morgan fingerprint density at radius 2 is 1.86 bits per heavy atom. The maximum absolute atomic E-state index is 6.19. The Morgan fingerprint density at radius 3 is 2.29 bits per heavy atom. The van der Waals surface area contributed by atoms with E-state index in [1.807, 2.05) is 18.2 Å². The Balaban J connectivity index is 3.00. The number of hydrogen-bond donors (Lipinski definition) is 0. The zero-order chi connectivity index (χ0) is 10.8. The third kappa shape index (κ3) is 1.91. The predicted molar refractivity (Wildman–Crippen MR) is 64.8 cm³/mol. The van der Waals surface area contributed by atoms with Gasteiger partial charge in [0.05, 0.1) is 5.60 Å². The van der Waals surface area contributed by atoms with Crippen LogP contribution in [0.1, 0.15) is 6.42 Å². The van der Waals surface area contributed by atoms with Gasteiger partial charge < -0.3 is 4.43 Å². The van der Waals surface area contributed by atoms with E-state index in [2.05, 4.69) is 32.8 Å². The summed E-state index contributed by atoms with van der Waals surface area (Å²) in [5.74, 6) is 0.332. The summed E-state index contributed by atoms with van der Waals surface area (Å²) < 4.78 is 6.19. The molecule has 1 nitrogen and oxygen atoms in total. The molecule has 0 saturated carbocycles. The van der Waals surface area contributed by atoms with Gasteiger partial charge in [0.25, 0.3) is 0 Å². The van der Waals surface area contributed by atoms with Gasteiger partial charge in [-0.1, -0.05) is 31.4 Å². The highest BCUT2D eigenvalue weighted by atomic mass is 28.4. The second-order valence-electron chi connectivity index (χ2n) is 4.50. The Bertz CT molecular complexity index is 247. The first-order valence-corrected chi connectivity index (χ1v) is 8.21. The molecule has 0 bridgehead atoms. The van der Waals surface area contributed by atoms with E-state index < -0.39 is 8.32 Å². The van der Waals surface area contributed by atoms with Gasteiger partial charge in [-0.25, -0.2) is 0 Å². The summed E-state index contributed by atoms with van der Waals surface area (Å²) in [5.41, 5.74) is -0.365. The van der Waals surface area contributed by atoms with Gasteiger partial charge in [0.2, 0.25) is 0 Å². The van der Waals surface area contributed by atoms with E-state index in [4.69, 9.17) is 4.43 Å². The smallest absolute Gasteiger partial charge is 0.188 e. The maximum atomic E-state index is 6.19. The van der Waals surface area contributed by atoms with Gasteiger partial charge in [-0.05, 0) is 25.6 Å². The summed E-state index contributed by atoms with van der Waals surface area (Å²) in [5, 5.41) is 0. The third-order valence-corrected chi connectivity index (χ3v) is 5.41. The van der Waals surface area contributed by atoms with Crippen molar-refractivity contribution in [1.29, 1.82) is 0 Å². The van der Waals surface area contributed by atoms with E-state index in [1.165, 1.54) is 6.04 Å². The highest BCUT2D eigenvalue weighted by Crippen LogP contribution is 2.40. The molecule has 0 aliphatic carbocycles. The lowest BCUT2D eigenvalue weighted by molar-refractivity contribution is 0.0927. The first-order valence-electron chi connectivity index (χ1n) is 5.09. The van der Waals surface area contributed by atoms with Crippen molar-refractivity contribution in [3.8, 4) is 0 Å². The van der Waals surface area contributed by atoms with E-state index in [0.29, 0.717) is 5.92 Å². The van der Waals surface area contributed by atoms with Crippen molar-refractivity contribution in [3.63, 3.8) is 0 Å². The van der Waals surface area contributed by atoms with Crippen LogP contribution in [0.3, 0.4) is 0 Å². The Labute approximate surface area is 88.3 Å². The average Bonchev–Trinajstić information content (AvgIpc) is 2.16. The molecule has 0 aromatic rings. The number of rotatable bonds is 3. The minimum atomic E-state index is -1.52. The molecule has 0 aromatic carbocycles. The monoisotopic (exact) mass is 208 g/mol. The first kappa shape index (κ1) is 11.5. The van der Waals surface area contributed by atoms with E-state index in [0.717, 1.165) is 6.42 Å². The van der Waals surface area contributed by atoms with Crippen molar-refractivity contribution in [2.75, 3.05) is 0 Å². The third-order valence-electron chi connectivity index (χ3n) is 3.01. The van der Waals surface area contributed by atoms with Crippen LogP contribution in [0, 0.1) is 5.92 Å². The van der Waals surface area contributed by atoms with Gasteiger partial charge in [-0.2, -0.15) is 0 Å². The maximum Gasteiger partial charge on any atom is 0.188 e. The van der Waals surface area contributed by atoms with Gasteiger partial charge in [-0.3, -0.25) is 0 Å². The van der Waals surface area contributed by atoms with E-state index in [-0.39, 0.29) is 5.60 Å². The molecule has 14 heavy (non-hydrogen) atoms. The number of hydrogen-bond acceptors (Lipinski definition) is 1. The topological polar surface area (TPSA) is 9.23 Å². The molecule has 1 unspecified atom stereocenters. The molecule has 1 heterocycles. The Hall–Kier alpha value is -0.603. The molecule has 0 aromatic heterocycles. The molecule has 1 saturated heterocycles. The van der Waals surface area contributed by atoms with E-state index >= 15 is 0 Å². The van der Waals surface area contributed by atoms with Crippen molar-refractivity contribution in [2.45, 2.75) is 31.2 Å². The zero-order valence-electron chi connectivity index (χ0n) is 9.25. The molecule has 0 amide bonds. The van der Waals surface area contributed by atoms with Crippen LogP contribution in [0.25, 0.3) is 0 Å². The molecule has 0 N–H and O–H groups in total. The van der Waals surface area contributed by atoms with E-state index in [9.17, 15) is 0 Å². The van der Waals surface area contributed by atoms with Gasteiger partial charge in [-0.15, -0.1) is 6.58 Å².